The van der Waals surface area contributed by atoms with E-state index in [0.717, 1.165) is 6.26 Å². The highest BCUT2D eigenvalue weighted by Gasteiger charge is 2.43. The van der Waals surface area contributed by atoms with E-state index >= 15 is 0 Å². The third-order valence-corrected chi connectivity index (χ3v) is 6.40. The fraction of sp³-hybridized carbons (Fsp3) is 0.111. The van der Waals surface area contributed by atoms with Crippen molar-refractivity contribution >= 4 is 38.1 Å². The first-order valence-corrected chi connectivity index (χ1v) is 9.55. The summed E-state index contributed by atoms with van der Waals surface area (Å²) >= 11 is 0. The Morgan fingerprint density at radius 2 is 1.85 bits per heavy atom. The number of anilines is 2. The number of sulfone groups is 1. The van der Waals surface area contributed by atoms with Crippen molar-refractivity contribution in [2.45, 2.75) is 16.7 Å². The van der Waals surface area contributed by atoms with Gasteiger partial charge in [-0.1, -0.05) is 24.3 Å². The molecule has 1 aliphatic heterocycles. The lowest BCUT2D eigenvalue weighted by Gasteiger charge is -2.18. The van der Waals surface area contributed by atoms with Crippen LogP contribution < -0.4 is 15.8 Å². The quantitative estimate of drug-likeness (QED) is 0.708. The molecule has 1 atom stereocenters. The second-order valence-electron chi connectivity index (χ2n) is 6.04. The molecule has 0 saturated heterocycles. The lowest BCUT2D eigenvalue weighted by atomic mass is 10.2. The fourth-order valence-corrected chi connectivity index (χ4v) is 4.80. The SMILES string of the molecule is O=C(CC1N(O)c2ccccc2S1(=O)=O)Nc1coc2ccccc2c1=O. The molecule has 1 unspecified atom stereocenters. The summed E-state index contributed by atoms with van der Waals surface area (Å²) in [6.07, 6.45) is 0.553. The number of carbonyl (C=O) groups is 1. The van der Waals surface area contributed by atoms with Crippen LogP contribution in [0.1, 0.15) is 6.42 Å². The van der Waals surface area contributed by atoms with E-state index in [1.807, 2.05) is 0 Å². The van der Waals surface area contributed by atoms with Crippen LogP contribution in [0.15, 0.2) is 68.9 Å². The Bertz CT molecular complexity index is 1220. The van der Waals surface area contributed by atoms with Gasteiger partial charge in [0.25, 0.3) is 0 Å². The number of benzene rings is 2. The number of carbonyl (C=O) groups excluding carboxylic acids is 1. The first-order valence-electron chi connectivity index (χ1n) is 8.01. The number of hydroxylamine groups is 1. The van der Waals surface area contributed by atoms with Gasteiger partial charge in [-0.3, -0.25) is 14.8 Å². The molecule has 27 heavy (non-hydrogen) atoms. The first-order chi connectivity index (χ1) is 12.9. The van der Waals surface area contributed by atoms with Gasteiger partial charge < -0.3 is 9.73 Å². The van der Waals surface area contributed by atoms with Crippen LogP contribution >= 0.6 is 0 Å². The van der Waals surface area contributed by atoms with E-state index in [-0.39, 0.29) is 16.3 Å². The van der Waals surface area contributed by atoms with Crippen molar-refractivity contribution in [2.24, 2.45) is 0 Å². The molecule has 0 radical (unpaired) electrons. The maximum absolute atomic E-state index is 12.6. The number of hydrogen-bond donors (Lipinski definition) is 2. The summed E-state index contributed by atoms with van der Waals surface area (Å²) in [6, 6.07) is 12.5. The molecular formula is C18H14N2O6S. The Morgan fingerprint density at radius 3 is 2.63 bits per heavy atom. The Balaban J connectivity index is 1.59. The van der Waals surface area contributed by atoms with Crippen molar-refractivity contribution in [2.75, 3.05) is 10.4 Å². The number of nitrogens with zero attached hydrogens (tertiary/aromatic N) is 1. The molecule has 2 aromatic carbocycles. The summed E-state index contributed by atoms with van der Waals surface area (Å²) in [5.41, 5.74) is -0.0592. The lowest BCUT2D eigenvalue weighted by Crippen LogP contribution is -2.36. The highest BCUT2D eigenvalue weighted by Crippen LogP contribution is 2.38. The first kappa shape index (κ1) is 17.3. The molecule has 2 heterocycles. The Kier molecular flexibility index (Phi) is 3.97. The smallest absolute Gasteiger partial charge is 0.227 e. The number of nitrogens with one attached hydrogen (secondary N) is 1. The van der Waals surface area contributed by atoms with Gasteiger partial charge in [-0.15, -0.1) is 0 Å². The molecule has 9 heteroatoms. The summed E-state index contributed by atoms with van der Waals surface area (Å²) in [5, 5.41) is 11.9. The maximum atomic E-state index is 12.6. The normalized spacial score (nSPS) is 17.7. The molecule has 0 bridgehead atoms. The molecule has 1 aromatic heterocycles. The standard InChI is InChI=1S/C18H14N2O6S/c21-16(19-12-10-26-14-7-3-1-5-11(14)18(12)22)9-17-20(23)13-6-2-4-8-15(13)27(17,24)25/h1-8,10,17,23H,9H2,(H,19,21). The molecule has 0 saturated carbocycles. The minimum absolute atomic E-state index is 0.0458. The van der Waals surface area contributed by atoms with Gasteiger partial charge in [0.15, 0.2) is 5.37 Å². The van der Waals surface area contributed by atoms with Gasteiger partial charge >= 0.3 is 0 Å². The predicted molar refractivity (Wildman–Crippen MR) is 97.4 cm³/mol. The number of amides is 1. The topological polar surface area (TPSA) is 117 Å². The van der Waals surface area contributed by atoms with Crippen molar-refractivity contribution in [1.82, 2.24) is 0 Å². The van der Waals surface area contributed by atoms with Gasteiger partial charge in [-0.2, -0.15) is 0 Å². The molecule has 8 nitrogen and oxygen atoms in total. The molecule has 0 fully saturated rings. The minimum atomic E-state index is -3.91. The number of rotatable bonds is 3. The van der Waals surface area contributed by atoms with Crippen LogP contribution in [0.25, 0.3) is 11.0 Å². The number of hydrogen-bond acceptors (Lipinski definition) is 7. The van der Waals surface area contributed by atoms with Crippen molar-refractivity contribution in [3.05, 3.63) is 65.0 Å². The third-order valence-electron chi connectivity index (χ3n) is 4.36. The molecule has 1 aliphatic rings. The number of para-hydroxylation sites is 2. The average molecular weight is 386 g/mol. The van der Waals surface area contributed by atoms with E-state index in [2.05, 4.69) is 5.32 Å². The van der Waals surface area contributed by atoms with E-state index in [0.29, 0.717) is 16.0 Å². The monoisotopic (exact) mass is 386 g/mol. The van der Waals surface area contributed by atoms with Gasteiger partial charge in [-0.05, 0) is 24.3 Å². The summed E-state index contributed by atoms with van der Waals surface area (Å²) < 4.78 is 30.4. The highest BCUT2D eigenvalue weighted by atomic mass is 32.2. The third kappa shape index (κ3) is 2.77. The maximum Gasteiger partial charge on any atom is 0.227 e. The molecule has 138 valence electrons. The van der Waals surface area contributed by atoms with Crippen LogP contribution in [0.3, 0.4) is 0 Å². The predicted octanol–water partition coefficient (Wildman–Crippen LogP) is 2.13. The van der Waals surface area contributed by atoms with Gasteiger partial charge in [0.2, 0.25) is 21.2 Å². The summed E-state index contributed by atoms with van der Waals surface area (Å²) in [4.78, 5) is 24.7. The Hall–Kier alpha value is -3.17. The van der Waals surface area contributed by atoms with Crippen molar-refractivity contribution in [1.29, 1.82) is 0 Å². The van der Waals surface area contributed by atoms with Gasteiger partial charge in [0.1, 0.15) is 17.5 Å². The largest absolute Gasteiger partial charge is 0.462 e. The Labute approximate surface area is 153 Å². The molecule has 1 amide bonds. The van der Waals surface area contributed by atoms with Crippen molar-refractivity contribution in [3.63, 3.8) is 0 Å². The van der Waals surface area contributed by atoms with Crippen molar-refractivity contribution < 1.29 is 22.8 Å². The van der Waals surface area contributed by atoms with Crippen LogP contribution in [0.5, 0.6) is 0 Å². The van der Waals surface area contributed by atoms with Crippen LogP contribution in [0.2, 0.25) is 0 Å². The van der Waals surface area contributed by atoms with E-state index < -0.39 is 33.0 Å². The molecule has 4 rings (SSSR count). The lowest BCUT2D eigenvalue weighted by molar-refractivity contribution is -0.116. The average Bonchev–Trinajstić information content (AvgIpc) is 2.85. The zero-order valence-electron chi connectivity index (χ0n) is 13.8. The van der Waals surface area contributed by atoms with E-state index in [1.165, 1.54) is 18.2 Å². The van der Waals surface area contributed by atoms with Crippen molar-refractivity contribution in [3.8, 4) is 0 Å². The van der Waals surface area contributed by atoms with E-state index in [4.69, 9.17) is 4.42 Å². The second-order valence-corrected chi connectivity index (χ2v) is 8.11. The van der Waals surface area contributed by atoms with Crippen LogP contribution in [-0.4, -0.2) is 24.9 Å². The molecule has 3 aromatic rings. The zero-order valence-corrected chi connectivity index (χ0v) is 14.6. The molecule has 0 aliphatic carbocycles. The van der Waals surface area contributed by atoms with Gasteiger partial charge in [0, 0.05) is 0 Å². The number of fused-ring (bicyclic) bond motifs is 2. The molecular weight excluding hydrogens is 372 g/mol. The van der Waals surface area contributed by atoms with Crippen LogP contribution in [-0.2, 0) is 14.6 Å². The highest BCUT2D eigenvalue weighted by molar-refractivity contribution is 7.92. The molecule has 2 N–H and O–H groups in total. The summed E-state index contributed by atoms with van der Waals surface area (Å²) in [7, 11) is -3.91. The second kappa shape index (κ2) is 6.22. The molecule has 0 spiro atoms. The fourth-order valence-electron chi connectivity index (χ4n) is 3.04. The van der Waals surface area contributed by atoms with E-state index in [9.17, 15) is 23.2 Å². The summed E-state index contributed by atoms with van der Waals surface area (Å²) in [5.74, 6) is -0.738. The summed E-state index contributed by atoms with van der Waals surface area (Å²) in [6.45, 7) is 0. The minimum Gasteiger partial charge on any atom is -0.462 e. The van der Waals surface area contributed by atoms with Crippen LogP contribution in [0.4, 0.5) is 11.4 Å². The Morgan fingerprint density at radius 1 is 1.15 bits per heavy atom. The van der Waals surface area contributed by atoms with Gasteiger partial charge in [-0.25, -0.2) is 13.5 Å². The van der Waals surface area contributed by atoms with E-state index in [1.54, 1.807) is 30.3 Å². The van der Waals surface area contributed by atoms with Crippen LogP contribution in [0, 0.1) is 0 Å². The zero-order chi connectivity index (χ0) is 19.2. The van der Waals surface area contributed by atoms with Gasteiger partial charge in [0.05, 0.1) is 22.4 Å².